The van der Waals surface area contributed by atoms with Crippen LogP contribution in [0.5, 0.6) is 0 Å². The predicted octanol–water partition coefficient (Wildman–Crippen LogP) is 0.618. The monoisotopic (exact) mass is 245 g/mol. The van der Waals surface area contributed by atoms with E-state index in [0.717, 1.165) is 12.8 Å². The van der Waals surface area contributed by atoms with Gasteiger partial charge in [0, 0.05) is 6.54 Å². The van der Waals surface area contributed by atoms with Gasteiger partial charge in [0.15, 0.2) is 0 Å². The molecule has 0 amide bonds. The molecule has 1 fully saturated rings. The summed E-state index contributed by atoms with van der Waals surface area (Å²) < 4.78 is 5.12. The highest BCUT2D eigenvalue weighted by Crippen LogP contribution is 2.32. The van der Waals surface area contributed by atoms with Gasteiger partial charge in [-0.05, 0) is 18.8 Å². The molecular formula is C12H23NO4. The van der Waals surface area contributed by atoms with Crippen LogP contribution >= 0.6 is 0 Å². The van der Waals surface area contributed by atoms with Gasteiger partial charge in [-0.3, -0.25) is 10.1 Å². The highest BCUT2D eigenvalue weighted by Gasteiger charge is 2.41. The van der Waals surface area contributed by atoms with Crippen molar-refractivity contribution in [1.82, 2.24) is 5.32 Å². The second-order valence-electron chi connectivity index (χ2n) is 4.85. The van der Waals surface area contributed by atoms with Crippen molar-refractivity contribution in [3.8, 4) is 0 Å². The van der Waals surface area contributed by atoms with E-state index in [2.05, 4.69) is 12.2 Å². The van der Waals surface area contributed by atoms with Gasteiger partial charge in [-0.15, -0.1) is 0 Å². The number of rotatable bonds is 7. The molecule has 0 aromatic rings. The average Bonchev–Trinajstić information content (AvgIpc) is 2.28. The summed E-state index contributed by atoms with van der Waals surface area (Å²) in [5, 5.41) is 21.0. The van der Waals surface area contributed by atoms with Gasteiger partial charge in [0.05, 0.1) is 19.8 Å². The van der Waals surface area contributed by atoms with Crippen molar-refractivity contribution < 1.29 is 19.7 Å². The molecule has 17 heavy (non-hydrogen) atoms. The molecule has 1 aliphatic rings. The Balaban J connectivity index is 2.40. The van der Waals surface area contributed by atoms with E-state index in [9.17, 15) is 9.90 Å². The summed E-state index contributed by atoms with van der Waals surface area (Å²) in [6.07, 6.45) is 3.44. The summed E-state index contributed by atoms with van der Waals surface area (Å²) in [5.41, 5.74) is -0.778. The molecule has 1 aliphatic carbocycles. The van der Waals surface area contributed by atoms with Crippen molar-refractivity contribution in [3.63, 3.8) is 0 Å². The van der Waals surface area contributed by atoms with E-state index in [1.807, 2.05) is 0 Å². The topological polar surface area (TPSA) is 78.8 Å². The number of nitrogens with one attached hydrogen (secondary N) is 1. The highest BCUT2D eigenvalue weighted by molar-refractivity contribution is 5.79. The summed E-state index contributed by atoms with van der Waals surface area (Å²) in [6.45, 7) is 3.35. The number of hydrogen-bond donors (Lipinski definition) is 3. The molecule has 0 radical (unpaired) electrons. The maximum absolute atomic E-state index is 11.4. The second-order valence-corrected chi connectivity index (χ2v) is 4.85. The van der Waals surface area contributed by atoms with E-state index in [1.165, 1.54) is 0 Å². The Labute approximate surface area is 102 Å². The van der Waals surface area contributed by atoms with E-state index in [1.54, 1.807) is 0 Å². The Morgan fingerprint density at radius 2 is 2.29 bits per heavy atom. The van der Waals surface area contributed by atoms with E-state index >= 15 is 0 Å². The maximum atomic E-state index is 11.4. The minimum absolute atomic E-state index is 0.00110. The number of carboxylic acids is 1. The molecular weight excluding hydrogens is 222 g/mol. The first-order valence-electron chi connectivity index (χ1n) is 6.28. The van der Waals surface area contributed by atoms with Gasteiger partial charge in [-0.1, -0.05) is 19.8 Å². The number of aliphatic hydroxyl groups is 1. The zero-order valence-electron chi connectivity index (χ0n) is 10.4. The van der Waals surface area contributed by atoms with Gasteiger partial charge in [-0.25, -0.2) is 0 Å². The lowest BCUT2D eigenvalue weighted by atomic mass is 9.76. The molecule has 5 heteroatoms. The summed E-state index contributed by atoms with van der Waals surface area (Å²) in [7, 11) is 0. The Morgan fingerprint density at radius 3 is 2.88 bits per heavy atom. The van der Waals surface area contributed by atoms with Crippen molar-refractivity contribution in [2.75, 3.05) is 26.4 Å². The summed E-state index contributed by atoms with van der Waals surface area (Å²) in [6, 6.07) is 0. The maximum Gasteiger partial charge on any atom is 0.323 e. The molecule has 0 aromatic carbocycles. The van der Waals surface area contributed by atoms with Crippen LogP contribution in [-0.2, 0) is 9.53 Å². The van der Waals surface area contributed by atoms with Crippen LogP contribution in [0.15, 0.2) is 0 Å². The lowest BCUT2D eigenvalue weighted by molar-refractivity contribution is -0.147. The van der Waals surface area contributed by atoms with E-state index in [0.29, 0.717) is 38.5 Å². The molecule has 100 valence electrons. The molecule has 5 nitrogen and oxygen atoms in total. The van der Waals surface area contributed by atoms with Gasteiger partial charge in [-0.2, -0.15) is 0 Å². The van der Waals surface area contributed by atoms with Crippen molar-refractivity contribution in [2.24, 2.45) is 5.92 Å². The van der Waals surface area contributed by atoms with Gasteiger partial charge < -0.3 is 14.9 Å². The third kappa shape index (κ3) is 4.26. The number of ether oxygens (including phenoxy) is 1. The molecule has 2 unspecified atom stereocenters. The minimum atomic E-state index is -0.778. The molecule has 0 heterocycles. The molecule has 2 atom stereocenters. The average molecular weight is 245 g/mol. The van der Waals surface area contributed by atoms with E-state index in [4.69, 9.17) is 9.84 Å². The summed E-state index contributed by atoms with van der Waals surface area (Å²) in [5.74, 6) is -0.308. The highest BCUT2D eigenvalue weighted by atomic mass is 16.5. The van der Waals surface area contributed by atoms with Crippen LogP contribution in [0.2, 0.25) is 0 Å². The minimum Gasteiger partial charge on any atom is -0.480 e. The zero-order valence-corrected chi connectivity index (χ0v) is 10.4. The van der Waals surface area contributed by atoms with Crippen molar-refractivity contribution in [1.29, 1.82) is 0 Å². The van der Waals surface area contributed by atoms with Crippen molar-refractivity contribution in [2.45, 2.75) is 38.1 Å². The molecule has 3 N–H and O–H groups in total. The number of hydrogen-bond acceptors (Lipinski definition) is 4. The smallest absolute Gasteiger partial charge is 0.323 e. The number of aliphatic hydroxyl groups excluding tert-OH is 1. The molecule has 1 rings (SSSR count). The van der Waals surface area contributed by atoms with Gasteiger partial charge in [0.1, 0.15) is 5.54 Å². The van der Waals surface area contributed by atoms with Crippen LogP contribution in [0.3, 0.4) is 0 Å². The fraction of sp³-hybridized carbons (Fsp3) is 0.917. The standard InChI is InChI=1S/C12H23NO4/c1-10-3-2-4-12(9-10,11(15)16)13-5-7-17-8-6-14/h10,13-14H,2-9H2,1H3,(H,15,16). The number of aliphatic carboxylic acids is 1. The Hall–Kier alpha value is -0.650. The largest absolute Gasteiger partial charge is 0.480 e. The normalized spacial score (nSPS) is 29.2. The summed E-state index contributed by atoms with van der Waals surface area (Å²) >= 11 is 0. The first-order chi connectivity index (χ1) is 8.10. The second kappa shape index (κ2) is 6.93. The Bertz CT molecular complexity index is 247. The molecule has 0 spiro atoms. The zero-order chi connectivity index (χ0) is 12.7. The van der Waals surface area contributed by atoms with E-state index in [-0.39, 0.29) is 6.61 Å². The first kappa shape index (κ1) is 14.4. The van der Waals surface area contributed by atoms with Crippen molar-refractivity contribution in [3.05, 3.63) is 0 Å². The third-order valence-corrected chi connectivity index (χ3v) is 3.35. The van der Waals surface area contributed by atoms with Crippen LogP contribution in [0, 0.1) is 5.92 Å². The van der Waals surface area contributed by atoms with Gasteiger partial charge in [0.25, 0.3) is 0 Å². The first-order valence-corrected chi connectivity index (χ1v) is 6.28. The molecule has 0 bridgehead atoms. The van der Waals surface area contributed by atoms with Crippen LogP contribution < -0.4 is 5.32 Å². The molecule has 1 saturated carbocycles. The molecule has 0 aromatic heterocycles. The Kier molecular flexibility index (Phi) is 5.88. The van der Waals surface area contributed by atoms with Crippen LogP contribution in [-0.4, -0.2) is 48.1 Å². The fourth-order valence-electron chi connectivity index (χ4n) is 2.51. The quantitative estimate of drug-likeness (QED) is 0.573. The van der Waals surface area contributed by atoms with Gasteiger partial charge in [0.2, 0.25) is 0 Å². The van der Waals surface area contributed by atoms with E-state index < -0.39 is 11.5 Å². The lowest BCUT2D eigenvalue weighted by Gasteiger charge is -2.37. The predicted molar refractivity (Wildman–Crippen MR) is 63.9 cm³/mol. The summed E-state index contributed by atoms with van der Waals surface area (Å²) in [4.78, 5) is 11.4. The number of carboxylic acid groups (broad SMARTS) is 1. The SMILES string of the molecule is CC1CCCC(NCCOCCO)(C(=O)O)C1. The van der Waals surface area contributed by atoms with Crippen LogP contribution in [0.4, 0.5) is 0 Å². The molecule has 0 aliphatic heterocycles. The van der Waals surface area contributed by atoms with Gasteiger partial charge >= 0.3 is 5.97 Å². The molecule has 0 saturated heterocycles. The van der Waals surface area contributed by atoms with Crippen molar-refractivity contribution >= 4 is 5.97 Å². The lowest BCUT2D eigenvalue weighted by Crippen LogP contribution is -2.55. The van der Waals surface area contributed by atoms with Crippen LogP contribution in [0.1, 0.15) is 32.6 Å². The Morgan fingerprint density at radius 1 is 1.53 bits per heavy atom. The van der Waals surface area contributed by atoms with Crippen LogP contribution in [0.25, 0.3) is 0 Å². The fourth-order valence-corrected chi connectivity index (χ4v) is 2.51. The number of carbonyl (C=O) groups is 1. The third-order valence-electron chi connectivity index (χ3n) is 3.35.